The maximum atomic E-state index is 12.9. The van der Waals surface area contributed by atoms with Crippen LogP contribution in [0.5, 0.6) is 0 Å². The Labute approximate surface area is 153 Å². The van der Waals surface area contributed by atoms with Gasteiger partial charge in [0.05, 0.1) is 17.1 Å². The van der Waals surface area contributed by atoms with Crippen LogP contribution in [-0.4, -0.2) is 50.8 Å². The van der Waals surface area contributed by atoms with Crippen LogP contribution in [-0.2, 0) is 16.1 Å². The van der Waals surface area contributed by atoms with E-state index >= 15 is 0 Å². The summed E-state index contributed by atoms with van der Waals surface area (Å²) in [5.41, 5.74) is 1.87. The van der Waals surface area contributed by atoms with E-state index in [2.05, 4.69) is 0 Å². The monoisotopic (exact) mass is 354 g/mol. The van der Waals surface area contributed by atoms with Gasteiger partial charge in [0.2, 0.25) is 11.8 Å². The van der Waals surface area contributed by atoms with Crippen molar-refractivity contribution >= 4 is 22.8 Å². The van der Waals surface area contributed by atoms with Crippen LogP contribution in [0.1, 0.15) is 50.9 Å². The molecule has 0 N–H and O–H groups in total. The number of hydrogen-bond acceptors (Lipinski definition) is 3. The molecule has 2 amide bonds. The minimum atomic E-state index is -0.0333. The minimum absolute atomic E-state index is 0.0333. The maximum Gasteiger partial charge on any atom is 0.242 e. The lowest BCUT2D eigenvalue weighted by atomic mass is 10.1. The number of rotatable bonds is 3. The zero-order valence-corrected chi connectivity index (χ0v) is 15.4. The lowest BCUT2D eigenvalue weighted by Gasteiger charge is -2.28. The van der Waals surface area contributed by atoms with E-state index in [4.69, 9.17) is 4.98 Å². The first-order valence-electron chi connectivity index (χ1n) is 9.65. The first kappa shape index (κ1) is 17.1. The number of aromatic nitrogens is 2. The summed E-state index contributed by atoms with van der Waals surface area (Å²) in [4.78, 5) is 33.6. The molecule has 2 aliphatic rings. The summed E-state index contributed by atoms with van der Waals surface area (Å²) in [6.07, 6.45) is 5.26. The first-order chi connectivity index (χ1) is 12.6. The van der Waals surface area contributed by atoms with Crippen molar-refractivity contribution in [2.75, 3.05) is 19.6 Å². The van der Waals surface area contributed by atoms with Gasteiger partial charge >= 0.3 is 0 Å². The van der Waals surface area contributed by atoms with Gasteiger partial charge in [-0.05, 0) is 44.2 Å². The third kappa shape index (κ3) is 3.08. The highest BCUT2D eigenvalue weighted by Crippen LogP contribution is 2.33. The normalized spacial score (nSPS) is 20.7. The fourth-order valence-electron chi connectivity index (χ4n) is 4.31. The zero-order valence-electron chi connectivity index (χ0n) is 15.4. The van der Waals surface area contributed by atoms with Crippen LogP contribution < -0.4 is 0 Å². The topological polar surface area (TPSA) is 58.4 Å². The SMILES string of the molecule is CC(=O)N1CCCC1c1nc2ccccc2n1CC(=O)N1CCCCC1. The van der Waals surface area contributed by atoms with Crippen molar-refractivity contribution in [3.8, 4) is 0 Å². The molecule has 1 aromatic carbocycles. The van der Waals surface area contributed by atoms with Crippen molar-refractivity contribution in [2.45, 2.75) is 51.6 Å². The second-order valence-electron chi connectivity index (χ2n) is 7.36. The molecule has 26 heavy (non-hydrogen) atoms. The van der Waals surface area contributed by atoms with E-state index in [1.165, 1.54) is 6.42 Å². The van der Waals surface area contributed by atoms with Gasteiger partial charge in [0, 0.05) is 26.6 Å². The van der Waals surface area contributed by atoms with Crippen LogP contribution in [0, 0.1) is 0 Å². The second kappa shape index (κ2) is 7.09. The highest BCUT2D eigenvalue weighted by atomic mass is 16.2. The summed E-state index contributed by atoms with van der Waals surface area (Å²) in [6.45, 7) is 4.39. The average molecular weight is 354 g/mol. The van der Waals surface area contributed by atoms with Crippen molar-refractivity contribution in [1.82, 2.24) is 19.4 Å². The van der Waals surface area contributed by atoms with Gasteiger partial charge in [0.15, 0.2) is 0 Å². The Balaban J connectivity index is 1.70. The number of carbonyl (C=O) groups excluding carboxylic acids is 2. The molecule has 4 rings (SSSR count). The quantitative estimate of drug-likeness (QED) is 0.851. The second-order valence-corrected chi connectivity index (χ2v) is 7.36. The maximum absolute atomic E-state index is 12.9. The van der Waals surface area contributed by atoms with Crippen LogP contribution >= 0.6 is 0 Å². The number of nitrogens with zero attached hydrogens (tertiary/aromatic N) is 4. The average Bonchev–Trinajstić information content (AvgIpc) is 3.27. The van der Waals surface area contributed by atoms with Gasteiger partial charge in [-0.25, -0.2) is 4.98 Å². The number of hydrogen-bond donors (Lipinski definition) is 0. The van der Waals surface area contributed by atoms with E-state index in [0.29, 0.717) is 6.54 Å². The molecule has 6 heteroatoms. The molecular formula is C20H26N4O2. The molecule has 0 bridgehead atoms. The standard InChI is InChI=1S/C20H26N4O2/c1-15(25)23-13-7-10-18(23)20-21-16-8-3-4-9-17(16)24(20)14-19(26)22-11-5-2-6-12-22/h3-4,8-9,18H,2,5-7,10-14H2,1H3. The fraction of sp³-hybridized carbons (Fsp3) is 0.550. The highest BCUT2D eigenvalue weighted by molar-refractivity contribution is 5.81. The minimum Gasteiger partial charge on any atom is -0.341 e. The zero-order chi connectivity index (χ0) is 18.1. The summed E-state index contributed by atoms with van der Waals surface area (Å²) >= 11 is 0. The Morgan fingerprint density at radius 2 is 1.85 bits per heavy atom. The number of fused-ring (bicyclic) bond motifs is 1. The van der Waals surface area contributed by atoms with Crippen molar-refractivity contribution in [3.63, 3.8) is 0 Å². The fourth-order valence-corrected chi connectivity index (χ4v) is 4.31. The summed E-state index contributed by atoms with van der Waals surface area (Å²) in [7, 11) is 0. The molecule has 2 aliphatic heterocycles. The summed E-state index contributed by atoms with van der Waals surface area (Å²) in [5.74, 6) is 1.08. The van der Waals surface area contributed by atoms with E-state index in [1.807, 2.05) is 38.6 Å². The molecule has 2 fully saturated rings. The van der Waals surface area contributed by atoms with Crippen molar-refractivity contribution in [1.29, 1.82) is 0 Å². The van der Waals surface area contributed by atoms with Crippen LogP contribution in [0.4, 0.5) is 0 Å². The molecule has 1 atom stereocenters. The number of carbonyl (C=O) groups is 2. The largest absolute Gasteiger partial charge is 0.341 e. The summed E-state index contributed by atoms with van der Waals surface area (Å²) in [6, 6.07) is 7.91. The third-order valence-electron chi connectivity index (χ3n) is 5.64. The lowest BCUT2D eigenvalue weighted by Crippen LogP contribution is -2.38. The number of amides is 2. The number of para-hydroxylation sites is 2. The Hall–Kier alpha value is -2.37. The van der Waals surface area contributed by atoms with Gasteiger partial charge in [0.25, 0.3) is 0 Å². The first-order valence-corrected chi connectivity index (χ1v) is 9.65. The smallest absolute Gasteiger partial charge is 0.242 e. The molecule has 2 saturated heterocycles. The molecule has 138 valence electrons. The van der Waals surface area contributed by atoms with Gasteiger partial charge in [-0.2, -0.15) is 0 Å². The Bertz CT molecular complexity index is 822. The molecule has 1 unspecified atom stereocenters. The number of benzene rings is 1. The van der Waals surface area contributed by atoms with Crippen molar-refractivity contribution in [3.05, 3.63) is 30.1 Å². The molecule has 0 spiro atoms. The third-order valence-corrected chi connectivity index (χ3v) is 5.64. The van der Waals surface area contributed by atoms with Gasteiger partial charge < -0.3 is 14.4 Å². The van der Waals surface area contributed by atoms with Crippen LogP contribution in [0.2, 0.25) is 0 Å². The van der Waals surface area contributed by atoms with Crippen LogP contribution in [0.15, 0.2) is 24.3 Å². The van der Waals surface area contributed by atoms with Gasteiger partial charge in [-0.15, -0.1) is 0 Å². The van der Waals surface area contributed by atoms with Crippen LogP contribution in [0.3, 0.4) is 0 Å². The summed E-state index contributed by atoms with van der Waals surface area (Å²) in [5, 5.41) is 0. The molecular weight excluding hydrogens is 328 g/mol. The molecule has 0 radical (unpaired) electrons. The predicted molar refractivity (Wildman–Crippen MR) is 99.5 cm³/mol. The number of piperidine rings is 1. The van der Waals surface area contributed by atoms with Gasteiger partial charge in [-0.3, -0.25) is 9.59 Å². The molecule has 2 aromatic rings. The van der Waals surface area contributed by atoms with Crippen LogP contribution in [0.25, 0.3) is 11.0 Å². The molecule has 1 aromatic heterocycles. The molecule has 6 nitrogen and oxygen atoms in total. The van der Waals surface area contributed by atoms with E-state index in [-0.39, 0.29) is 17.9 Å². The highest BCUT2D eigenvalue weighted by Gasteiger charge is 2.32. The predicted octanol–water partition coefficient (Wildman–Crippen LogP) is 2.73. The van der Waals surface area contributed by atoms with Crippen molar-refractivity contribution in [2.24, 2.45) is 0 Å². The Morgan fingerprint density at radius 1 is 1.08 bits per heavy atom. The van der Waals surface area contributed by atoms with E-state index in [9.17, 15) is 9.59 Å². The number of likely N-dealkylation sites (tertiary alicyclic amines) is 2. The number of imidazole rings is 1. The van der Waals surface area contributed by atoms with E-state index in [1.54, 1.807) is 6.92 Å². The van der Waals surface area contributed by atoms with E-state index < -0.39 is 0 Å². The summed E-state index contributed by atoms with van der Waals surface area (Å²) < 4.78 is 2.04. The molecule has 0 saturated carbocycles. The Kier molecular flexibility index (Phi) is 4.66. The Morgan fingerprint density at radius 3 is 2.62 bits per heavy atom. The molecule has 3 heterocycles. The molecule has 0 aliphatic carbocycles. The van der Waals surface area contributed by atoms with Gasteiger partial charge in [-0.1, -0.05) is 12.1 Å². The lowest BCUT2D eigenvalue weighted by molar-refractivity contribution is -0.132. The van der Waals surface area contributed by atoms with Crippen molar-refractivity contribution < 1.29 is 9.59 Å². The van der Waals surface area contributed by atoms with Gasteiger partial charge in [0.1, 0.15) is 12.4 Å². The van der Waals surface area contributed by atoms with E-state index in [0.717, 1.165) is 62.2 Å².